The van der Waals surface area contributed by atoms with Gasteiger partial charge in [-0.1, -0.05) is 34.6 Å². The lowest BCUT2D eigenvalue weighted by Gasteiger charge is -2.30. The molecule has 0 atom stereocenters. The molecule has 0 spiro atoms. The minimum atomic E-state index is 0.221. The van der Waals surface area contributed by atoms with Crippen LogP contribution >= 0.6 is 0 Å². The Kier molecular flexibility index (Phi) is 4.54. The summed E-state index contributed by atoms with van der Waals surface area (Å²) < 4.78 is 0. The van der Waals surface area contributed by atoms with E-state index in [2.05, 4.69) is 43.0 Å². The average molecular weight is 250 g/mol. The van der Waals surface area contributed by atoms with E-state index in [1.54, 1.807) is 0 Å². The molecule has 0 aliphatic carbocycles. The van der Waals surface area contributed by atoms with Gasteiger partial charge in [-0.25, -0.2) is 9.97 Å². The fraction of sp³-hybridized carbons (Fsp3) is 0.714. The quantitative estimate of drug-likeness (QED) is 0.843. The molecule has 0 amide bonds. The van der Waals surface area contributed by atoms with Gasteiger partial charge in [-0.3, -0.25) is 0 Å². The van der Waals surface area contributed by atoms with E-state index in [0.717, 1.165) is 30.2 Å². The van der Waals surface area contributed by atoms with E-state index in [0.29, 0.717) is 11.7 Å². The molecule has 0 fully saturated rings. The van der Waals surface area contributed by atoms with E-state index in [4.69, 9.17) is 5.73 Å². The largest absolute Gasteiger partial charge is 0.383 e. The van der Waals surface area contributed by atoms with Crippen LogP contribution in [0.1, 0.15) is 46.0 Å². The average Bonchev–Trinajstić information content (AvgIpc) is 2.30. The zero-order valence-corrected chi connectivity index (χ0v) is 12.5. The second-order valence-electron chi connectivity index (χ2n) is 5.85. The predicted octanol–water partition coefficient (Wildman–Crippen LogP) is 3.02. The van der Waals surface area contributed by atoms with Crippen LogP contribution in [-0.4, -0.2) is 16.5 Å². The summed E-state index contributed by atoms with van der Waals surface area (Å²) in [7, 11) is 0. The van der Waals surface area contributed by atoms with E-state index in [1.165, 1.54) is 0 Å². The first-order valence-corrected chi connectivity index (χ1v) is 6.64. The molecule has 18 heavy (non-hydrogen) atoms. The first kappa shape index (κ1) is 14.7. The molecule has 0 aliphatic rings. The second kappa shape index (κ2) is 5.55. The van der Waals surface area contributed by atoms with Crippen LogP contribution in [0.4, 0.5) is 11.6 Å². The molecule has 102 valence electrons. The zero-order chi connectivity index (χ0) is 13.9. The van der Waals surface area contributed by atoms with Crippen LogP contribution in [0.3, 0.4) is 0 Å². The van der Waals surface area contributed by atoms with Crippen molar-refractivity contribution in [3.8, 4) is 0 Å². The highest BCUT2D eigenvalue weighted by atomic mass is 15.1. The minimum Gasteiger partial charge on any atom is -0.383 e. The highest BCUT2D eigenvalue weighted by molar-refractivity contribution is 5.54. The molecule has 1 rings (SSSR count). The van der Waals surface area contributed by atoms with Gasteiger partial charge in [-0.05, 0) is 18.3 Å². The van der Waals surface area contributed by atoms with Crippen LogP contribution in [-0.2, 0) is 6.42 Å². The van der Waals surface area contributed by atoms with Crippen LogP contribution in [0.25, 0.3) is 0 Å². The van der Waals surface area contributed by atoms with Crippen molar-refractivity contribution in [3.63, 3.8) is 0 Å². The molecule has 0 aliphatic heterocycles. The van der Waals surface area contributed by atoms with Crippen molar-refractivity contribution < 1.29 is 0 Å². The lowest BCUT2D eigenvalue weighted by Crippen LogP contribution is -2.29. The fourth-order valence-electron chi connectivity index (χ4n) is 1.43. The Hall–Kier alpha value is -1.32. The Bertz CT molecular complexity index is 411. The van der Waals surface area contributed by atoms with Crippen LogP contribution in [0, 0.1) is 18.3 Å². The Morgan fingerprint density at radius 1 is 1.28 bits per heavy atom. The van der Waals surface area contributed by atoms with E-state index < -0.39 is 0 Å². The monoisotopic (exact) mass is 250 g/mol. The molecule has 1 heterocycles. The van der Waals surface area contributed by atoms with Crippen molar-refractivity contribution >= 4 is 11.6 Å². The number of nitrogens with zero attached hydrogens (tertiary/aromatic N) is 2. The summed E-state index contributed by atoms with van der Waals surface area (Å²) in [5, 5.41) is 3.42. The van der Waals surface area contributed by atoms with Crippen molar-refractivity contribution in [2.75, 3.05) is 17.6 Å². The SMILES string of the molecule is CCc1nc(N)c(C)c(NCC(C)(C)C(C)C)n1. The highest BCUT2D eigenvalue weighted by Crippen LogP contribution is 2.27. The third-order valence-electron chi connectivity index (χ3n) is 3.82. The normalized spacial score (nSPS) is 11.9. The third kappa shape index (κ3) is 3.34. The van der Waals surface area contributed by atoms with Gasteiger partial charge in [-0.15, -0.1) is 0 Å². The smallest absolute Gasteiger partial charge is 0.134 e. The molecule has 1 aromatic rings. The first-order chi connectivity index (χ1) is 8.27. The summed E-state index contributed by atoms with van der Waals surface area (Å²) >= 11 is 0. The number of rotatable bonds is 5. The van der Waals surface area contributed by atoms with Crippen LogP contribution in [0.2, 0.25) is 0 Å². The minimum absolute atomic E-state index is 0.221. The molecule has 0 radical (unpaired) electrons. The van der Waals surface area contributed by atoms with Gasteiger partial charge in [0.1, 0.15) is 17.5 Å². The van der Waals surface area contributed by atoms with Crippen molar-refractivity contribution in [3.05, 3.63) is 11.4 Å². The van der Waals surface area contributed by atoms with Crippen molar-refractivity contribution in [2.24, 2.45) is 11.3 Å². The van der Waals surface area contributed by atoms with Gasteiger partial charge in [0.2, 0.25) is 0 Å². The van der Waals surface area contributed by atoms with Crippen molar-refractivity contribution in [1.82, 2.24) is 9.97 Å². The van der Waals surface area contributed by atoms with Gasteiger partial charge in [0, 0.05) is 18.5 Å². The maximum Gasteiger partial charge on any atom is 0.134 e. The zero-order valence-electron chi connectivity index (χ0n) is 12.5. The van der Waals surface area contributed by atoms with Gasteiger partial charge < -0.3 is 11.1 Å². The molecule has 0 unspecified atom stereocenters. The first-order valence-electron chi connectivity index (χ1n) is 6.64. The lowest BCUT2D eigenvalue weighted by molar-refractivity contribution is 0.269. The number of aromatic nitrogens is 2. The Morgan fingerprint density at radius 3 is 2.39 bits per heavy atom. The number of nitrogens with two attached hydrogens (primary N) is 1. The number of anilines is 2. The number of aryl methyl sites for hydroxylation is 1. The fourth-order valence-corrected chi connectivity index (χ4v) is 1.43. The van der Waals surface area contributed by atoms with E-state index in [9.17, 15) is 0 Å². The van der Waals surface area contributed by atoms with Gasteiger partial charge in [0.05, 0.1) is 0 Å². The summed E-state index contributed by atoms with van der Waals surface area (Å²) in [4.78, 5) is 8.77. The summed E-state index contributed by atoms with van der Waals surface area (Å²) in [6, 6.07) is 0. The second-order valence-corrected chi connectivity index (χ2v) is 5.85. The number of nitrogens with one attached hydrogen (secondary N) is 1. The summed E-state index contributed by atoms with van der Waals surface area (Å²) in [6.07, 6.45) is 0.798. The van der Waals surface area contributed by atoms with E-state index in [-0.39, 0.29) is 5.41 Å². The molecule has 0 saturated heterocycles. The molecule has 4 nitrogen and oxygen atoms in total. The third-order valence-corrected chi connectivity index (χ3v) is 3.82. The Labute approximate surface area is 110 Å². The molecular formula is C14H26N4. The van der Waals surface area contributed by atoms with Gasteiger partial charge in [-0.2, -0.15) is 0 Å². The van der Waals surface area contributed by atoms with E-state index in [1.807, 2.05) is 13.8 Å². The Balaban J connectivity index is 2.88. The van der Waals surface area contributed by atoms with Crippen LogP contribution in [0.5, 0.6) is 0 Å². The molecule has 0 bridgehead atoms. The molecular weight excluding hydrogens is 224 g/mol. The summed E-state index contributed by atoms with van der Waals surface area (Å²) in [5.41, 5.74) is 7.06. The van der Waals surface area contributed by atoms with Gasteiger partial charge in [0.15, 0.2) is 0 Å². The van der Waals surface area contributed by atoms with Gasteiger partial charge >= 0.3 is 0 Å². The highest BCUT2D eigenvalue weighted by Gasteiger charge is 2.22. The van der Waals surface area contributed by atoms with Crippen LogP contribution < -0.4 is 11.1 Å². The standard InChI is InChI=1S/C14H26N4/c1-7-11-17-12(15)10(4)13(18-11)16-8-14(5,6)9(2)3/h9H,7-8H2,1-6H3,(H3,15,16,17,18). The Morgan fingerprint density at radius 2 is 1.89 bits per heavy atom. The maximum absolute atomic E-state index is 5.91. The number of nitrogen functional groups attached to an aromatic ring is 1. The van der Waals surface area contributed by atoms with Crippen molar-refractivity contribution in [2.45, 2.75) is 48.0 Å². The van der Waals surface area contributed by atoms with E-state index >= 15 is 0 Å². The van der Waals surface area contributed by atoms with Gasteiger partial charge in [0.25, 0.3) is 0 Å². The summed E-state index contributed by atoms with van der Waals surface area (Å²) in [5.74, 6) is 2.85. The molecule has 1 aromatic heterocycles. The topological polar surface area (TPSA) is 63.8 Å². The molecule has 0 aromatic carbocycles. The van der Waals surface area contributed by atoms with Crippen molar-refractivity contribution in [1.29, 1.82) is 0 Å². The number of hydrogen-bond acceptors (Lipinski definition) is 4. The number of hydrogen-bond donors (Lipinski definition) is 2. The summed E-state index contributed by atoms with van der Waals surface area (Å²) in [6.45, 7) is 13.9. The molecule has 3 N–H and O–H groups in total. The maximum atomic E-state index is 5.91. The lowest BCUT2D eigenvalue weighted by atomic mass is 9.81. The molecule has 0 saturated carbocycles. The predicted molar refractivity (Wildman–Crippen MR) is 77.7 cm³/mol. The molecule has 4 heteroatoms. The van der Waals surface area contributed by atoms with Crippen LogP contribution in [0.15, 0.2) is 0 Å².